The Hall–Kier alpha value is -1.39. The molecule has 0 aliphatic carbocycles. The zero-order valence-electron chi connectivity index (χ0n) is 8.30. The Kier molecular flexibility index (Phi) is 6.36. The van der Waals surface area contributed by atoms with Gasteiger partial charge in [0, 0.05) is 12.7 Å². The molecule has 0 spiro atoms. The van der Waals surface area contributed by atoms with Crippen LogP contribution in [0.5, 0.6) is 0 Å². The molecule has 0 bridgehead atoms. The lowest BCUT2D eigenvalue weighted by atomic mass is 10.3. The van der Waals surface area contributed by atoms with Gasteiger partial charge in [-0.1, -0.05) is 0 Å². The largest absolute Gasteiger partial charge is 0.461 e. The van der Waals surface area contributed by atoms with Crippen LogP contribution >= 0.6 is 0 Å². The Balaban J connectivity index is 3.77. The highest BCUT2D eigenvalue weighted by Crippen LogP contribution is 1.92. The molecule has 0 aromatic rings. The minimum Gasteiger partial charge on any atom is -0.461 e. The van der Waals surface area contributed by atoms with Gasteiger partial charge < -0.3 is 10.1 Å². The highest BCUT2D eigenvalue weighted by atomic mass is 19.1. The van der Waals surface area contributed by atoms with Crippen LogP contribution in [0, 0.1) is 0 Å². The van der Waals surface area contributed by atoms with Crippen LogP contribution in [-0.4, -0.2) is 32.1 Å². The van der Waals surface area contributed by atoms with Gasteiger partial charge in [0.15, 0.2) is 0 Å². The second-order valence-electron chi connectivity index (χ2n) is 2.67. The number of hydrogen-bond acceptors (Lipinski definition) is 4. The second-order valence-corrected chi connectivity index (χ2v) is 2.67. The Morgan fingerprint density at radius 2 is 2.14 bits per heavy atom. The van der Waals surface area contributed by atoms with Crippen LogP contribution in [0.2, 0.25) is 0 Å². The van der Waals surface area contributed by atoms with E-state index in [1.165, 1.54) is 13.0 Å². The number of carbonyl (C=O) groups is 2. The van der Waals surface area contributed by atoms with E-state index in [1.807, 2.05) is 0 Å². The molecule has 14 heavy (non-hydrogen) atoms. The van der Waals surface area contributed by atoms with Crippen molar-refractivity contribution in [1.82, 2.24) is 5.32 Å². The summed E-state index contributed by atoms with van der Waals surface area (Å²) in [5.74, 6) is -0.846. The molecule has 0 unspecified atom stereocenters. The number of alkyl halides is 1. The second kappa shape index (κ2) is 7.06. The Morgan fingerprint density at radius 1 is 1.50 bits per heavy atom. The lowest BCUT2D eigenvalue weighted by molar-refractivity contribution is -0.144. The van der Waals surface area contributed by atoms with E-state index in [2.05, 4.69) is 10.1 Å². The van der Waals surface area contributed by atoms with E-state index in [4.69, 9.17) is 0 Å². The van der Waals surface area contributed by atoms with Gasteiger partial charge >= 0.3 is 5.97 Å². The molecule has 0 amide bonds. The number of hydrogen-bond donors (Lipinski definition) is 1. The molecule has 0 atom stereocenters. The van der Waals surface area contributed by atoms with Gasteiger partial charge in [-0.3, -0.25) is 9.59 Å². The van der Waals surface area contributed by atoms with Gasteiger partial charge in [0.2, 0.25) is 0 Å². The van der Waals surface area contributed by atoms with E-state index in [1.54, 1.807) is 7.05 Å². The van der Waals surface area contributed by atoms with Gasteiger partial charge in [0.25, 0.3) is 0 Å². The summed E-state index contributed by atoms with van der Waals surface area (Å²) in [7, 11) is 1.57. The van der Waals surface area contributed by atoms with Crippen molar-refractivity contribution >= 4 is 11.8 Å². The van der Waals surface area contributed by atoms with Crippen LogP contribution in [-0.2, 0) is 14.3 Å². The van der Waals surface area contributed by atoms with E-state index in [-0.39, 0.29) is 18.8 Å². The first-order chi connectivity index (χ1) is 6.60. The molecule has 0 heterocycles. The zero-order chi connectivity index (χ0) is 11.0. The lowest BCUT2D eigenvalue weighted by Gasteiger charge is -2.02. The third kappa shape index (κ3) is 6.16. The maximum atomic E-state index is 12.1. The highest BCUT2D eigenvalue weighted by molar-refractivity contribution is 5.94. The zero-order valence-corrected chi connectivity index (χ0v) is 8.30. The van der Waals surface area contributed by atoms with Gasteiger partial charge in [0.05, 0.1) is 0 Å². The maximum absolute atomic E-state index is 12.1. The predicted molar refractivity (Wildman–Crippen MR) is 49.4 cm³/mol. The smallest absolute Gasteiger partial charge is 0.313 e. The SMILES string of the molecule is CNC(=CCOC(=O)CC(C)=O)CF. The third-order valence-corrected chi connectivity index (χ3v) is 1.43. The van der Waals surface area contributed by atoms with Crippen LogP contribution in [0.15, 0.2) is 11.8 Å². The van der Waals surface area contributed by atoms with Crippen molar-refractivity contribution in [2.24, 2.45) is 0 Å². The summed E-state index contributed by atoms with van der Waals surface area (Å²) in [5, 5.41) is 2.59. The van der Waals surface area contributed by atoms with Gasteiger partial charge in [-0.05, 0) is 13.0 Å². The number of ether oxygens (including phenoxy) is 1. The fourth-order valence-electron chi connectivity index (χ4n) is 0.713. The summed E-state index contributed by atoms with van der Waals surface area (Å²) in [6.45, 7) is 0.644. The molecule has 80 valence electrons. The summed E-state index contributed by atoms with van der Waals surface area (Å²) >= 11 is 0. The van der Waals surface area contributed by atoms with Gasteiger partial charge in [0.1, 0.15) is 25.5 Å². The van der Waals surface area contributed by atoms with Crippen molar-refractivity contribution in [2.75, 3.05) is 20.3 Å². The fourth-order valence-corrected chi connectivity index (χ4v) is 0.713. The first kappa shape index (κ1) is 12.6. The number of halogens is 1. The molecule has 5 heteroatoms. The van der Waals surface area contributed by atoms with Crippen molar-refractivity contribution in [2.45, 2.75) is 13.3 Å². The first-order valence-electron chi connectivity index (χ1n) is 4.18. The van der Waals surface area contributed by atoms with Crippen LogP contribution < -0.4 is 5.32 Å². The molecule has 0 radical (unpaired) electrons. The predicted octanol–water partition coefficient (Wildman–Crippen LogP) is 0.581. The van der Waals surface area contributed by atoms with Crippen molar-refractivity contribution in [3.05, 3.63) is 11.8 Å². The molecule has 0 saturated carbocycles. The van der Waals surface area contributed by atoms with E-state index in [0.717, 1.165) is 0 Å². The van der Waals surface area contributed by atoms with Crippen molar-refractivity contribution in [3.8, 4) is 0 Å². The number of allylic oxidation sites excluding steroid dienone is 1. The topological polar surface area (TPSA) is 55.4 Å². The summed E-state index contributed by atoms with van der Waals surface area (Å²) in [6, 6.07) is 0. The lowest BCUT2D eigenvalue weighted by Crippen LogP contribution is -2.12. The average Bonchev–Trinajstić information content (AvgIpc) is 2.11. The maximum Gasteiger partial charge on any atom is 0.313 e. The summed E-state index contributed by atoms with van der Waals surface area (Å²) < 4.78 is 16.7. The summed E-state index contributed by atoms with van der Waals surface area (Å²) in [5.41, 5.74) is 0.348. The molecule has 4 nitrogen and oxygen atoms in total. The van der Waals surface area contributed by atoms with Crippen molar-refractivity contribution < 1.29 is 18.7 Å². The number of ketones is 1. The molecule has 0 saturated heterocycles. The van der Waals surface area contributed by atoms with Gasteiger partial charge in [-0.25, -0.2) is 4.39 Å². The average molecular weight is 203 g/mol. The number of rotatable bonds is 6. The van der Waals surface area contributed by atoms with Crippen molar-refractivity contribution in [1.29, 1.82) is 0 Å². The van der Waals surface area contributed by atoms with Crippen LogP contribution in [0.1, 0.15) is 13.3 Å². The molecular weight excluding hydrogens is 189 g/mol. The van der Waals surface area contributed by atoms with E-state index in [0.29, 0.717) is 5.70 Å². The Labute approximate surface area is 82.1 Å². The highest BCUT2D eigenvalue weighted by Gasteiger charge is 2.04. The van der Waals surface area contributed by atoms with Gasteiger partial charge in [-0.15, -0.1) is 0 Å². The normalized spacial score (nSPS) is 10.9. The standard InChI is InChI=1S/C9H14FNO3/c1-7(12)5-9(13)14-4-3-8(6-10)11-2/h3,11H,4-6H2,1-2H3. The Morgan fingerprint density at radius 3 is 2.57 bits per heavy atom. The molecular formula is C9H14FNO3. The molecule has 0 rings (SSSR count). The number of esters is 1. The minimum atomic E-state index is -0.638. The molecule has 0 aliphatic rings. The third-order valence-electron chi connectivity index (χ3n) is 1.43. The molecule has 0 aliphatic heterocycles. The van der Waals surface area contributed by atoms with E-state index >= 15 is 0 Å². The number of Topliss-reactive ketones (excluding diaryl/α,β-unsaturated/α-hetero) is 1. The first-order valence-corrected chi connectivity index (χ1v) is 4.18. The summed E-state index contributed by atoms with van der Waals surface area (Å²) in [4.78, 5) is 21.3. The minimum absolute atomic E-state index is 0.0216. The van der Waals surface area contributed by atoms with Crippen LogP contribution in [0.3, 0.4) is 0 Å². The fraction of sp³-hybridized carbons (Fsp3) is 0.556. The molecule has 1 N–H and O–H groups in total. The number of nitrogens with one attached hydrogen (secondary N) is 1. The molecule has 0 aromatic carbocycles. The molecule has 0 fully saturated rings. The van der Waals surface area contributed by atoms with Crippen LogP contribution in [0.4, 0.5) is 4.39 Å². The summed E-state index contributed by atoms with van der Waals surface area (Å²) in [6.07, 6.45) is 1.18. The van der Waals surface area contributed by atoms with E-state index in [9.17, 15) is 14.0 Å². The van der Waals surface area contributed by atoms with Crippen LogP contribution in [0.25, 0.3) is 0 Å². The van der Waals surface area contributed by atoms with Crippen molar-refractivity contribution in [3.63, 3.8) is 0 Å². The Bertz CT molecular complexity index is 232. The number of carbonyl (C=O) groups excluding carboxylic acids is 2. The van der Waals surface area contributed by atoms with E-state index < -0.39 is 12.6 Å². The quantitative estimate of drug-likeness (QED) is 0.507. The molecule has 0 aromatic heterocycles. The van der Waals surface area contributed by atoms with Gasteiger partial charge in [-0.2, -0.15) is 0 Å². The monoisotopic (exact) mass is 203 g/mol.